The van der Waals surface area contributed by atoms with Crippen LogP contribution in [0.5, 0.6) is 17.2 Å². The largest absolute Gasteiger partial charge is 0.497 e. The molecule has 0 bridgehead atoms. The van der Waals surface area contributed by atoms with Crippen LogP contribution >= 0.6 is 0 Å². The molecule has 0 spiro atoms. The van der Waals surface area contributed by atoms with Crippen LogP contribution in [0.25, 0.3) is 0 Å². The third kappa shape index (κ3) is 5.79. The van der Waals surface area contributed by atoms with Gasteiger partial charge in [0.1, 0.15) is 23.8 Å². The molecule has 0 unspecified atom stereocenters. The number of nitrogens with one attached hydrogen (secondary N) is 1. The van der Waals surface area contributed by atoms with Gasteiger partial charge < -0.3 is 19.5 Å². The Morgan fingerprint density at radius 1 is 1.00 bits per heavy atom. The molecular formula is C21H28N2O6S. The highest BCUT2D eigenvalue weighted by atomic mass is 32.2. The summed E-state index contributed by atoms with van der Waals surface area (Å²) in [6, 6.07) is 11.9. The Labute approximate surface area is 177 Å². The van der Waals surface area contributed by atoms with Crippen LogP contribution in [0.3, 0.4) is 0 Å². The minimum absolute atomic E-state index is 0.229. The highest BCUT2D eigenvalue weighted by molar-refractivity contribution is 7.92. The monoisotopic (exact) mass is 436 g/mol. The fourth-order valence-electron chi connectivity index (χ4n) is 3.00. The number of carbonyl (C=O) groups excluding carboxylic acids is 1. The van der Waals surface area contributed by atoms with Gasteiger partial charge in [0.25, 0.3) is 0 Å². The first-order valence-electron chi connectivity index (χ1n) is 9.36. The molecule has 1 atom stereocenters. The first-order chi connectivity index (χ1) is 14.2. The number of hydrogen-bond acceptors (Lipinski definition) is 6. The van der Waals surface area contributed by atoms with Gasteiger partial charge in [-0.3, -0.25) is 9.10 Å². The molecule has 0 saturated heterocycles. The van der Waals surface area contributed by atoms with Crippen LogP contribution in [0.1, 0.15) is 24.9 Å². The normalized spacial score (nSPS) is 12.0. The summed E-state index contributed by atoms with van der Waals surface area (Å²) in [4.78, 5) is 12.8. The van der Waals surface area contributed by atoms with Gasteiger partial charge in [0.05, 0.1) is 39.3 Å². The standard InChI is InChI=1S/C21H28N2O6S/c1-6-18(15-7-9-16(27-2)10-8-15)22-21(24)14-23(30(5,25)26)19-13-17(28-3)11-12-20(19)29-4/h7-13,18H,6,14H2,1-5H3,(H,22,24)/t18-/m1/s1. The second-order valence-electron chi connectivity index (χ2n) is 6.61. The van der Waals surface area contributed by atoms with E-state index in [1.807, 2.05) is 31.2 Å². The molecule has 2 aromatic rings. The quantitative estimate of drug-likeness (QED) is 0.616. The summed E-state index contributed by atoms with van der Waals surface area (Å²) < 4.78 is 41.6. The van der Waals surface area contributed by atoms with Crippen molar-refractivity contribution in [3.8, 4) is 17.2 Å². The SMILES string of the molecule is CC[C@@H](NC(=O)CN(c1cc(OC)ccc1OC)S(C)(=O)=O)c1ccc(OC)cc1. The highest BCUT2D eigenvalue weighted by Crippen LogP contribution is 2.33. The molecular weight excluding hydrogens is 408 g/mol. The summed E-state index contributed by atoms with van der Waals surface area (Å²) in [7, 11) is 0.727. The van der Waals surface area contributed by atoms with Crippen molar-refractivity contribution in [2.45, 2.75) is 19.4 Å². The fraction of sp³-hybridized carbons (Fsp3) is 0.381. The van der Waals surface area contributed by atoms with Gasteiger partial charge in [-0.1, -0.05) is 19.1 Å². The zero-order chi connectivity index (χ0) is 22.3. The van der Waals surface area contributed by atoms with Gasteiger partial charge >= 0.3 is 0 Å². The van der Waals surface area contributed by atoms with E-state index in [9.17, 15) is 13.2 Å². The number of benzene rings is 2. The predicted molar refractivity (Wildman–Crippen MR) is 116 cm³/mol. The van der Waals surface area contributed by atoms with Crippen LogP contribution in [0.15, 0.2) is 42.5 Å². The van der Waals surface area contributed by atoms with Crippen LogP contribution < -0.4 is 23.8 Å². The van der Waals surface area contributed by atoms with E-state index in [-0.39, 0.29) is 11.7 Å². The smallest absolute Gasteiger partial charge is 0.241 e. The minimum atomic E-state index is -3.77. The Bertz CT molecular complexity index is 960. The van der Waals surface area contributed by atoms with Crippen molar-refractivity contribution in [3.05, 3.63) is 48.0 Å². The molecule has 0 radical (unpaired) electrons. The molecule has 2 aromatic carbocycles. The molecule has 0 fully saturated rings. The lowest BCUT2D eigenvalue weighted by molar-refractivity contribution is -0.120. The van der Waals surface area contributed by atoms with E-state index < -0.39 is 22.5 Å². The number of rotatable bonds is 10. The lowest BCUT2D eigenvalue weighted by atomic mass is 10.0. The van der Waals surface area contributed by atoms with E-state index in [0.29, 0.717) is 23.7 Å². The molecule has 2 rings (SSSR count). The van der Waals surface area contributed by atoms with E-state index in [0.717, 1.165) is 16.1 Å². The average molecular weight is 437 g/mol. The van der Waals surface area contributed by atoms with E-state index in [1.54, 1.807) is 19.2 Å². The van der Waals surface area contributed by atoms with Crippen LogP contribution in [0.4, 0.5) is 5.69 Å². The maximum atomic E-state index is 12.8. The van der Waals surface area contributed by atoms with Gasteiger partial charge in [-0.2, -0.15) is 0 Å². The van der Waals surface area contributed by atoms with Crippen LogP contribution in [-0.2, 0) is 14.8 Å². The summed E-state index contributed by atoms with van der Waals surface area (Å²) in [6.07, 6.45) is 1.68. The Morgan fingerprint density at radius 3 is 2.10 bits per heavy atom. The predicted octanol–water partition coefficient (Wildman–Crippen LogP) is 2.75. The number of carbonyl (C=O) groups is 1. The van der Waals surface area contributed by atoms with Crippen molar-refractivity contribution < 1.29 is 27.4 Å². The summed E-state index contributed by atoms with van der Waals surface area (Å²) in [5.41, 5.74) is 1.13. The second-order valence-corrected chi connectivity index (χ2v) is 8.52. The number of methoxy groups -OCH3 is 3. The lowest BCUT2D eigenvalue weighted by Crippen LogP contribution is -2.41. The number of amides is 1. The van der Waals surface area contributed by atoms with Crippen LogP contribution in [0, 0.1) is 0 Å². The molecule has 0 heterocycles. The van der Waals surface area contributed by atoms with Crippen molar-refractivity contribution in [1.29, 1.82) is 0 Å². The van der Waals surface area contributed by atoms with Crippen LogP contribution in [-0.4, -0.2) is 48.5 Å². The number of sulfonamides is 1. The molecule has 8 nitrogen and oxygen atoms in total. The zero-order valence-electron chi connectivity index (χ0n) is 17.8. The molecule has 0 aliphatic carbocycles. The van der Waals surface area contributed by atoms with Crippen molar-refractivity contribution in [1.82, 2.24) is 5.32 Å². The Hall–Kier alpha value is -2.94. The maximum Gasteiger partial charge on any atom is 0.241 e. The number of nitrogens with zero attached hydrogens (tertiary/aromatic N) is 1. The lowest BCUT2D eigenvalue weighted by Gasteiger charge is -2.25. The van der Waals surface area contributed by atoms with Gasteiger partial charge in [-0.25, -0.2) is 8.42 Å². The van der Waals surface area contributed by atoms with Crippen LogP contribution in [0.2, 0.25) is 0 Å². The van der Waals surface area contributed by atoms with Crippen molar-refractivity contribution in [3.63, 3.8) is 0 Å². The highest BCUT2D eigenvalue weighted by Gasteiger charge is 2.25. The third-order valence-corrected chi connectivity index (χ3v) is 5.73. The summed E-state index contributed by atoms with van der Waals surface area (Å²) in [5.74, 6) is 1.04. The molecule has 0 aliphatic rings. The van der Waals surface area contributed by atoms with Gasteiger partial charge in [-0.05, 0) is 36.2 Å². The first kappa shape index (κ1) is 23.3. The molecule has 0 aromatic heterocycles. The summed E-state index contributed by atoms with van der Waals surface area (Å²) >= 11 is 0. The topological polar surface area (TPSA) is 94.2 Å². The van der Waals surface area contributed by atoms with E-state index in [4.69, 9.17) is 14.2 Å². The number of anilines is 1. The Balaban J connectivity index is 2.27. The van der Waals surface area contributed by atoms with E-state index in [2.05, 4.69) is 5.32 Å². The van der Waals surface area contributed by atoms with Crippen molar-refractivity contribution >= 4 is 21.6 Å². The third-order valence-electron chi connectivity index (χ3n) is 4.60. The van der Waals surface area contributed by atoms with E-state index >= 15 is 0 Å². The maximum absolute atomic E-state index is 12.8. The van der Waals surface area contributed by atoms with Gasteiger partial charge in [0.15, 0.2) is 0 Å². The minimum Gasteiger partial charge on any atom is -0.497 e. The second kappa shape index (κ2) is 10.2. The van der Waals surface area contributed by atoms with Crippen molar-refractivity contribution in [2.24, 2.45) is 0 Å². The average Bonchev–Trinajstić information content (AvgIpc) is 2.74. The molecule has 30 heavy (non-hydrogen) atoms. The zero-order valence-corrected chi connectivity index (χ0v) is 18.7. The fourth-order valence-corrected chi connectivity index (χ4v) is 3.85. The molecule has 1 amide bonds. The Kier molecular flexibility index (Phi) is 7.93. The molecule has 0 aliphatic heterocycles. The summed E-state index contributed by atoms with van der Waals surface area (Å²) in [6.45, 7) is 1.55. The van der Waals surface area contributed by atoms with Gasteiger partial charge in [0, 0.05) is 6.07 Å². The first-order valence-corrected chi connectivity index (χ1v) is 11.2. The van der Waals surface area contributed by atoms with Crippen molar-refractivity contribution in [2.75, 3.05) is 38.4 Å². The molecule has 9 heteroatoms. The number of hydrogen-bond donors (Lipinski definition) is 1. The van der Waals surface area contributed by atoms with Gasteiger partial charge in [0.2, 0.25) is 15.9 Å². The number of ether oxygens (including phenoxy) is 3. The molecule has 1 N–H and O–H groups in total. The molecule has 0 saturated carbocycles. The van der Waals surface area contributed by atoms with Gasteiger partial charge in [-0.15, -0.1) is 0 Å². The molecule has 164 valence electrons. The summed E-state index contributed by atoms with van der Waals surface area (Å²) in [5, 5.41) is 2.90. The van der Waals surface area contributed by atoms with E-state index in [1.165, 1.54) is 20.3 Å². The Morgan fingerprint density at radius 2 is 1.60 bits per heavy atom.